The number of carboxylic acids is 1. The zero-order valence-corrected chi connectivity index (χ0v) is 4.83. The topological polar surface area (TPSA) is 63.3 Å². The SMILES string of the molecule is N[C@H]([SeH])C(=O)O. The van der Waals surface area contributed by atoms with E-state index in [0.29, 0.717) is 0 Å². The summed E-state index contributed by atoms with van der Waals surface area (Å²) >= 11 is 1.82. The number of carboxylic acid groups (broad SMARTS) is 1. The molecule has 0 aromatic heterocycles. The second-order valence-corrected chi connectivity index (χ2v) is 1.95. The van der Waals surface area contributed by atoms with Crippen LogP contribution in [-0.4, -0.2) is 32.0 Å². The van der Waals surface area contributed by atoms with Crippen LogP contribution in [-0.2, 0) is 4.79 Å². The van der Waals surface area contributed by atoms with Crippen molar-refractivity contribution in [2.45, 2.75) is 4.94 Å². The van der Waals surface area contributed by atoms with Crippen LogP contribution in [0.3, 0.4) is 0 Å². The Kier molecular flexibility index (Phi) is 2.16. The number of hydrogen-bond acceptors (Lipinski definition) is 2. The second-order valence-electron chi connectivity index (χ2n) is 0.783. The molecule has 3 N–H and O–H groups in total. The van der Waals surface area contributed by atoms with E-state index < -0.39 is 10.9 Å². The Morgan fingerprint density at radius 3 is 2.17 bits per heavy atom. The first-order chi connectivity index (χ1) is 2.64. The Balaban J connectivity index is 3.26. The van der Waals surface area contributed by atoms with Crippen molar-refractivity contribution in [2.24, 2.45) is 5.73 Å². The first-order valence-corrected chi connectivity index (χ1v) is 2.39. The van der Waals surface area contributed by atoms with Gasteiger partial charge in [-0.1, -0.05) is 0 Å². The maximum atomic E-state index is 9.56. The standard InChI is InChI=1S/C2H5NO2Se/c3-1(6)2(4)5/h1,6H,3H2,(H,4,5)/t1-/m1/s1. The van der Waals surface area contributed by atoms with Gasteiger partial charge < -0.3 is 0 Å². The molecule has 0 bridgehead atoms. The summed E-state index contributed by atoms with van der Waals surface area (Å²) in [6.45, 7) is 0. The molecule has 0 radical (unpaired) electrons. The van der Waals surface area contributed by atoms with Crippen LogP contribution < -0.4 is 5.73 Å². The van der Waals surface area contributed by atoms with Gasteiger partial charge in [0.25, 0.3) is 0 Å². The van der Waals surface area contributed by atoms with Crippen molar-refractivity contribution < 1.29 is 9.90 Å². The van der Waals surface area contributed by atoms with E-state index in [1.807, 2.05) is 16.0 Å². The Hall–Kier alpha value is -0.0505. The summed E-state index contributed by atoms with van der Waals surface area (Å²) < 4.78 is 0. The van der Waals surface area contributed by atoms with E-state index in [1.165, 1.54) is 0 Å². The van der Waals surface area contributed by atoms with Crippen molar-refractivity contribution in [3.63, 3.8) is 0 Å². The fraction of sp³-hybridized carbons (Fsp3) is 0.500. The van der Waals surface area contributed by atoms with Gasteiger partial charge >= 0.3 is 42.6 Å². The van der Waals surface area contributed by atoms with Gasteiger partial charge in [-0.3, -0.25) is 0 Å². The zero-order chi connectivity index (χ0) is 5.15. The van der Waals surface area contributed by atoms with Gasteiger partial charge in [0.1, 0.15) is 0 Å². The van der Waals surface area contributed by atoms with E-state index in [2.05, 4.69) is 0 Å². The van der Waals surface area contributed by atoms with Gasteiger partial charge in [-0.2, -0.15) is 0 Å². The van der Waals surface area contributed by atoms with Gasteiger partial charge in [-0.15, -0.1) is 0 Å². The van der Waals surface area contributed by atoms with Crippen LogP contribution in [0.2, 0.25) is 0 Å². The van der Waals surface area contributed by atoms with Crippen LogP contribution in [0.15, 0.2) is 0 Å². The molecule has 0 aliphatic carbocycles. The summed E-state index contributed by atoms with van der Waals surface area (Å²) in [5.74, 6) is -0.991. The summed E-state index contributed by atoms with van der Waals surface area (Å²) in [5, 5.41) is 7.85. The van der Waals surface area contributed by atoms with Crippen molar-refractivity contribution in [3.8, 4) is 0 Å². The third-order valence-electron chi connectivity index (χ3n) is 0.253. The number of rotatable bonds is 1. The van der Waals surface area contributed by atoms with Crippen LogP contribution in [0, 0.1) is 0 Å². The average Bonchev–Trinajstić information content (AvgIpc) is 1.36. The molecule has 1 atom stereocenters. The second kappa shape index (κ2) is 2.18. The third kappa shape index (κ3) is 2.20. The molecule has 0 aromatic carbocycles. The molecule has 0 amide bonds. The summed E-state index contributed by atoms with van der Waals surface area (Å²) in [5.41, 5.74) is 4.81. The Morgan fingerprint density at radius 2 is 2.17 bits per heavy atom. The van der Waals surface area contributed by atoms with Crippen LogP contribution >= 0.6 is 0 Å². The van der Waals surface area contributed by atoms with E-state index >= 15 is 0 Å². The summed E-state index contributed by atoms with van der Waals surface area (Å²) in [6, 6.07) is 0. The zero-order valence-electron chi connectivity index (χ0n) is 2.96. The fourth-order valence-electron chi connectivity index (χ4n) is 0. The molecule has 0 spiro atoms. The van der Waals surface area contributed by atoms with E-state index in [-0.39, 0.29) is 0 Å². The number of nitrogens with two attached hydrogens (primary N) is 1. The molecule has 3 nitrogen and oxygen atoms in total. The summed E-state index contributed by atoms with van der Waals surface area (Å²) in [4.78, 5) is 8.76. The van der Waals surface area contributed by atoms with Gasteiger partial charge in [0.05, 0.1) is 0 Å². The summed E-state index contributed by atoms with van der Waals surface area (Å²) in [7, 11) is 0. The van der Waals surface area contributed by atoms with Crippen molar-refractivity contribution in [1.29, 1.82) is 0 Å². The minimum atomic E-state index is -0.991. The quantitative estimate of drug-likeness (QED) is 0.440. The van der Waals surface area contributed by atoms with Crippen molar-refractivity contribution in [2.75, 3.05) is 0 Å². The normalized spacial score (nSPS) is 13.7. The number of hydrogen-bond donors (Lipinski definition) is 2. The Labute approximate surface area is 43.3 Å². The molecular weight excluding hydrogens is 149 g/mol. The van der Waals surface area contributed by atoms with E-state index in [4.69, 9.17) is 10.8 Å². The first-order valence-electron chi connectivity index (χ1n) is 1.31. The molecule has 6 heavy (non-hydrogen) atoms. The molecule has 0 aromatic rings. The third-order valence-corrected chi connectivity index (χ3v) is 0.716. The van der Waals surface area contributed by atoms with Crippen LogP contribution in [0.1, 0.15) is 0 Å². The molecule has 0 rings (SSSR count). The van der Waals surface area contributed by atoms with Crippen LogP contribution in [0.4, 0.5) is 0 Å². The molecule has 36 valence electrons. The van der Waals surface area contributed by atoms with E-state index in [0.717, 1.165) is 0 Å². The maximum absolute atomic E-state index is 9.56. The molecule has 4 heteroatoms. The van der Waals surface area contributed by atoms with Gasteiger partial charge in [0.2, 0.25) is 0 Å². The Bertz CT molecular complexity index is 62.6. The molecule has 0 aliphatic heterocycles. The minimum absolute atomic E-state index is 0.794. The molecule has 0 saturated heterocycles. The first kappa shape index (κ1) is 5.95. The average molecular weight is 154 g/mol. The fourth-order valence-corrected chi connectivity index (χ4v) is 0. The predicted molar refractivity (Wildman–Crippen MR) is 22.8 cm³/mol. The van der Waals surface area contributed by atoms with E-state index in [9.17, 15) is 4.79 Å². The van der Waals surface area contributed by atoms with Gasteiger partial charge in [0.15, 0.2) is 0 Å². The predicted octanol–water partition coefficient (Wildman–Crippen LogP) is -1.74. The van der Waals surface area contributed by atoms with Crippen molar-refractivity contribution in [1.82, 2.24) is 0 Å². The molecule has 0 unspecified atom stereocenters. The van der Waals surface area contributed by atoms with Crippen LogP contribution in [0.5, 0.6) is 0 Å². The van der Waals surface area contributed by atoms with Crippen molar-refractivity contribution >= 4 is 22.0 Å². The molecule has 0 saturated carbocycles. The molecule has 0 fully saturated rings. The number of carbonyl (C=O) groups is 1. The summed E-state index contributed by atoms with van der Waals surface area (Å²) in [6.07, 6.45) is 0. The van der Waals surface area contributed by atoms with Crippen molar-refractivity contribution in [3.05, 3.63) is 0 Å². The van der Waals surface area contributed by atoms with Gasteiger partial charge in [-0.25, -0.2) is 0 Å². The van der Waals surface area contributed by atoms with Gasteiger partial charge in [0, 0.05) is 0 Å². The molecular formula is C2H5NO2Se. The van der Waals surface area contributed by atoms with Crippen LogP contribution in [0.25, 0.3) is 0 Å². The molecule has 0 heterocycles. The Morgan fingerprint density at radius 1 is 2.00 bits per heavy atom. The monoisotopic (exact) mass is 155 g/mol. The van der Waals surface area contributed by atoms with E-state index in [1.54, 1.807) is 0 Å². The molecule has 0 aliphatic rings. The number of aliphatic carboxylic acids is 1. The van der Waals surface area contributed by atoms with Gasteiger partial charge in [-0.05, 0) is 0 Å².